The molecule has 86 valence electrons. The molecule has 1 amide bonds. The van der Waals surface area contributed by atoms with Gasteiger partial charge in [0.15, 0.2) is 0 Å². The minimum atomic E-state index is -0.985. The van der Waals surface area contributed by atoms with Crippen molar-refractivity contribution in [2.45, 2.75) is 0 Å². The van der Waals surface area contributed by atoms with Gasteiger partial charge in [0.25, 0.3) is 5.24 Å². The maximum Gasteiger partial charge on any atom is 0.335 e. The third-order valence-electron chi connectivity index (χ3n) is 2.07. The first-order valence-corrected chi connectivity index (χ1v) is 5.87. The Morgan fingerprint density at radius 2 is 2.24 bits per heavy atom. The molecule has 0 saturated carbocycles. The first-order chi connectivity index (χ1) is 8.06. The molecule has 0 aromatic heterocycles. The molecule has 0 bridgehead atoms. The summed E-state index contributed by atoms with van der Waals surface area (Å²) in [7, 11) is 0. The van der Waals surface area contributed by atoms with Gasteiger partial charge in [-0.2, -0.15) is 0 Å². The first kappa shape index (κ1) is 11.8. The van der Waals surface area contributed by atoms with E-state index in [1.165, 1.54) is 12.1 Å². The molecule has 1 heterocycles. The second-order valence-corrected chi connectivity index (χ2v) is 4.71. The van der Waals surface area contributed by atoms with Crippen LogP contribution in [0.3, 0.4) is 0 Å². The lowest BCUT2D eigenvalue weighted by Gasteiger charge is -1.98. The van der Waals surface area contributed by atoms with E-state index in [1.54, 1.807) is 18.2 Å². The number of rotatable bonds is 2. The smallest absolute Gasteiger partial charge is 0.335 e. The number of nitrogens with one attached hydrogen (secondary N) is 1. The van der Waals surface area contributed by atoms with Crippen LogP contribution >= 0.6 is 24.0 Å². The fraction of sp³-hybridized carbons (Fsp3) is 0. The molecule has 1 aliphatic rings. The van der Waals surface area contributed by atoms with Crippen LogP contribution in [-0.4, -0.2) is 21.3 Å². The van der Waals surface area contributed by atoms with Crippen molar-refractivity contribution in [2.75, 3.05) is 0 Å². The fourth-order valence-corrected chi connectivity index (χ4v) is 2.37. The van der Waals surface area contributed by atoms with Gasteiger partial charge in [0.05, 0.1) is 10.5 Å². The molecule has 0 aliphatic carbocycles. The van der Waals surface area contributed by atoms with Crippen molar-refractivity contribution in [2.24, 2.45) is 0 Å². The molecular formula is C11H7NO3S2. The Balaban J connectivity index is 2.33. The summed E-state index contributed by atoms with van der Waals surface area (Å²) in [6.07, 6.45) is 1.69. The Bertz CT molecular complexity index is 551. The molecule has 6 heteroatoms. The Morgan fingerprint density at radius 3 is 2.82 bits per heavy atom. The number of carbonyl (C=O) groups is 2. The molecule has 4 nitrogen and oxygen atoms in total. The number of amides is 1. The van der Waals surface area contributed by atoms with Crippen LogP contribution < -0.4 is 5.32 Å². The van der Waals surface area contributed by atoms with Gasteiger partial charge in [-0.05, 0) is 35.5 Å². The van der Waals surface area contributed by atoms with Crippen LogP contribution in [0.1, 0.15) is 15.9 Å². The third kappa shape index (κ3) is 2.72. The molecule has 1 aliphatic heterocycles. The zero-order chi connectivity index (χ0) is 12.4. The summed E-state index contributed by atoms with van der Waals surface area (Å²) in [5, 5.41) is 11.1. The predicted molar refractivity (Wildman–Crippen MR) is 70.1 cm³/mol. The normalized spacial score (nSPS) is 17.3. The molecule has 1 aromatic rings. The summed E-state index contributed by atoms with van der Waals surface area (Å²) in [5.41, 5.74) is 0.902. The van der Waals surface area contributed by atoms with Crippen LogP contribution in [0.4, 0.5) is 4.79 Å². The molecule has 1 saturated heterocycles. The summed E-state index contributed by atoms with van der Waals surface area (Å²) in [4.78, 5) is 22.9. The lowest BCUT2D eigenvalue weighted by Crippen LogP contribution is -2.15. The van der Waals surface area contributed by atoms with Gasteiger partial charge >= 0.3 is 5.97 Å². The molecule has 2 rings (SSSR count). The van der Waals surface area contributed by atoms with Gasteiger partial charge < -0.3 is 10.4 Å². The van der Waals surface area contributed by atoms with Crippen molar-refractivity contribution in [3.8, 4) is 0 Å². The van der Waals surface area contributed by atoms with E-state index in [9.17, 15) is 9.59 Å². The van der Waals surface area contributed by atoms with Crippen molar-refractivity contribution in [1.29, 1.82) is 0 Å². The second kappa shape index (κ2) is 4.68. The number of thioether (sulfide) groups is 1. The van der Waals surface area contributed by atoms with Crippen LogP contribution in [0, 0.1) is 0 Å². The number of hydrogen-bond donors (Lipinski definition) is 2. The quantitative estimate of drug-likeness (QED) is 0.635. The molecule has 0 atom stereocenters. The number of thiocarbonyl (C=S) groups is 1. The molecule has 0 radical (unpaired) electrons. The zero-order valence-corrected chi connectivity index (χ0v) is 10.1. The molecular weight excluding hydrogens is 258 g/mol. The Hall–Kier alpha value is -1.66. The summed E-state index contributed by atoms with van der Waals surface area (Å²) < 4.78 is 0. The topological polar surface area (TPSA) is 66.4 Å². The van der Waals surface area contributed by atoms with Crippen LogP contribution in [0.15, 0.2) is 29.2 Å². The van der Waals surface area contributed by atoms with E-state index in [2.05, 4.69) is 5.32 Å². The SMILES string of the molecule is O=C1NC(=S)C(=Cc2cccc(C(=O)O)c2)S1. The minimum absolute atomic E-state index is 0.201. The van der Waals surface area contributed by atoms with Gasteiger partial charge in [0.2, 0.25) is 0 Å². The van der Waals surface area contributed by atoms with Crippen molar-refractivity contribution in [3.63, 3.8) is 0 Å². The molecule has 17 heavy (non-hydrogen) atoms. The Labute approximate surface area is 107 Å². The highest BCUT2D eigenvalue weighted by atomic mass is 32.2. The number of carboxylic acids is 1. The van der Waals surface area contributed by atoms with Gasteiger partial charge in [-0.25, -0.2) is 4.79 Å². The van der Waals surface area contributed by atoms with E-state index >= 15 is 0 Å². The standard InChI is InChI=1S/C11H7NO3S2/c13-10(14)7-3-1-2-6(4-7)5-8-9(16)12-11(15)17-8/h1-5H,(H,13,14)(H,12,15,16). The molecule has 0 unspecified atom stereocenters. The summed E-state index contributed by atoms with van der Waals surface area (Å²) in [6, 6.07) is 6.44. The monoisotopic (exact) mass is 265 g/mol. The van der Waals surface area contributed by atoms with Gasteiger partial charge in [-0.1, -0.05) is 24.4 Å². The molecule has 0 spiro atoms. The number of aromatic carboxylic acids is 1. The average molecular weight is 265 g/mol. The van der Waals surface area contributed by atoms with Gasteiger partial charge in [-0.15, -0.1) is 0 Å². The second-order valence-electron chi connectivity index (χ2n) is 3.28. The van der Waals surface area contributed by atoms with E-state index < -0.39 is 5.97 Å². The number of hydrogen-bond acceptors (Lipinski definition) is 4. The highest BCUT2D eigenvalue weighted by molar-refractivity contribution is 8.19. The molecule has 1 aromatic carbocycles. The number of benzene rings is 1. The van der Waals surface area contributed by atoms with E-state index in [4.69, 9.17) is 17.3 Å². The lowest BCUT2D eigenvalue weighted by molar-refractivity contribution is 0.0697. The Morgan fingerprint density at radius 1 is 1.47 bits per heavy atom. The number of carboxylic acid groups (broad SMARTS) is 1. The zero-order valence-electron chi connectivity index (χ0n) is 8.47. The maximum absolute atomic E-state index is 11.1. The van der Waals surface area contributed by atoms with E-state index in [-0.39, 0.29) is 10.8 Å². The lowest BCUT2D eigenvalue weighted by atomic mass is 10.1. The van der Waals surface area contributed by atoms with Crippen molar-refractivity contribution < 1.29 is 14.7 Å². The van der Waals surface area contributed by atoms with Crippen molar-refractivity contribution in [3.05, 3.63) is 40.3 Å². The fourth-order valence-electron chi connectivity index (χ4n) is 1.33. The molecule has 1 fully saturated rings. The van der Waals surface area contributed by atoms with Crippen LogP contribution in [0.2, 0.25) is 0 Å². The van der Waals surface area contributed by atoms with Crippen LogP contribution in [0.5, 0.6) is 0 Å². The van der Waals surface area contributed by atoms with E-state index in [0.29, 0.717) is 15.5 Å². The van der Waals surface area contributed by atoms with Crippen LogP contribution in [0.25, 0.3) is 6.08 Å². The third-order valence-corrected chi connectivity index (χ3v) is 3.35. The van der Waals surface area contributed by atoms with Gasteiger partial charge in [0, 0.05) is 0 Å². The largest absolute Gasteiger partial charge is 0.478 e. The first-order valence-electron chi connectivity index (χ1n) is 4.64. The van der Waals surface area contributed by atoms with Gasteiger partial charge in [-0.3, -0.25) is 4.79 Å². The van der Waals surface area contributed by atoms with E-state index in [0.717, 1.165) is 11.8 Å². The Kier molecular flexibility index (Phi) is 3.26. The summed E-state index contributed by atoms with van der Waals surface area (Å²) >= 11 is 5.97. The van der Waals surface area contributed by atoms with Gasteiger partial charge in [0.1, 0.15) is 4.99 Å². The highest BCUT2D eigenvalue weighted by Gasteiger charge is 2.21. The van der Waals surface area contributed by atoms with Crippen molar-refractivity contribution >= 4 is 46.3 Å². The van der Waals surface area contributed by atoms with Crippen LogP contribution in [-0.2, 0) is 0 Å². The maximum atomic E-state index is 11.1. The predicted octanol–water partition coefficient (Wildman–Crippen LogP) is 2.51. The molecule has 2 N–H and O–H groups in total. The highest BCUT2D eigenvalue weighted by Crippen LogP contribution is 2.26. The summed E-state index contributed by atoms with van der Waals surface area (Å²) in [5.74, 6) is -0.985. The summed E-state index contributed by atoms with van der Waals surface area (Å²) in [6.45, 7) is 0. The van der Waals surface area contributed by atoms with Crippen molar-refractivity contribution in [1.82, 2.24) is 5.32 Å². The minimum Gasteiger partial charge on any atom is -0.478 e. The van der Waals surface area contributed by atoms with E-state index in [1.807, 2.05) is 0 Å². The number of carbonyl (C=O) groups excluding carboxylic acids is 1. The average Bonchev–Trinajstić information content (AvgIpc) is 2.58.